The van der Waals surface area contributed by atoms with Crippen LogP contribution < -0.4 is 11.1 Å². The monoisotopic (exact) mass is 326 g/mol. The molecule has 1 aliphatic heterocycles. The molecule has 1 saturated carbocycles. The van der Waals surface area contributed by atoms with E-state index >= 15 is 0 Å². The fraction of sp³-hybridized carbons (Fsp3) is 0.500. The Balaban J connectivity index is 1.72. The fourth-order valence-electron chi connectivity index (χ4n) is 3.42. The molecule has 2 aliphatic rings. The lowest BCUT2D eigenvalue weighted by molar-refractivity contribution is -0.128. The Morgan fingerprint density at radius 3 is 2.62 bits per heavy atom. The summed E-state index contributed by atoms with van der Waals surface area (Å²) in [6, 6.07) is 9.59. The summed E-state index contributed by atoms with van der Waals surface area (Å²) in [5.41, 5.74) is 6.91. The molecular formula is C18H22N4O2. The van der Waals surface area contributed by atoms with E-state index in [0.29, 0.717) is 13.0 Å². The molecule has 1 heterocycles. The zero-order valence-electron chi connectivity index (χ0n) is 13.8. The molecule has 0 unspecified atom stereocenters. The summed E-state index contributed by atoms with van der Waals surface area (Å²) in [4.78, 5) is 26.1. The van der Waals surface area contributed by atoms with Gasteiger partial charge in [0.05, 0.1) is 18.7 Å². The number of carbonyl (C=O) groups excluding carboxylic acids is 2. The van der Waals surface area contributed by atoms with Gasteiger partial charge in [0.15, 0.2) is 0 Å². The number of amides is 2. The van der Waals surface area contributed by atoms with Crippen LogP contribution in [0.25, 0.3) is 0 Å². The predicted octanol–water partition coefficient (Wildman–Crippen LogP) is 0.707. The minimum Gasteiger partial charge on any atom is -0.368 e. The second kappa shape index (κ2) is 6.25. The molecule has 2 amide bonds. The first-order chi connectivity index (χ1) is 11.4. The molecule has 1 fully saturated rings. The molecule has 6 nitrogen and oxygen atoms in total. The lowest BCUT2D eigenvalue weighted by atomic mass is 9.93. The first kappa shape index (κ1) is 16.5. The van der Waals surface area contributed by atoms with Gasteiger partial charge >= 0.3 is 0 Å². The first-order valence-corrected chi connectivity index (χ1v) is 8.25. The Kier molecular flexibility index (Phi) is 4.29. The standard InChI is InChI=1S/C18H22N4O2/c1-18(11-19,14-6-7-14)21-16(23)10-22-9-13-5-3-2-4-12(13)8-15(22)17(20)24/h2-5,14-15H,6-10H2,1H3,(H2,20,24)(H,21,23)/t15-,18-/m0/s1. The molecule has 0 saturated heterocycles. The van der Waals surface area contributed by atoms with E-state index in [-0.39, 0.29) is 18.4 Å². The average Bonchev–Trinajstić information content (AvgIpc) is 3.39. The molecule has 1 aliphatic carbocycles. The number of nitriles is 1. The van der Waals surface area contributed by atoms with Gasteiger partial charge in [-0.25, -0.2) is 0 Å². The van der Waals surface area contributed by atoms with E-state index in [9.17, 15) is 14.9 Å². The third kappa shape index (κ3) is 3.26. The van der Waals surface area contributed by atoms with Crippen LogP contribution in [0.2, 0.25) is 0 Å². The van der Waals surface area contributed by atoms with E-state index < -0.39 is 17.5 Å². The molecule has 3 N–H and O–H groups in total. The van der Waals surface area contributed by atoms with Crippen molar-refractivity contribution in [3.8, 4) is 6.07 Å². The highest BCUT2D eigenvalue weighted by Gasteiger charge is 2.43. The molecular weight excluding hydrogens is 304 g/mol. The van der Waals surface area contributed by atoms with Gasteiger partial charge in [-0.05, 0) is 43.2 Å². The summed E-state index contributed by atoms with van der Waals surface area (Å²) in [6.45, 7) is 2.33. The number of nitrogens with zero attached hydrogens (tertiary/aromatic N) is 2. The van der Waals surface area contributed by atoms with E-state index in [4.69, 9.17) is 5.73 Å². The lowest BCUT2D eigenvalue weighted by Gasteiger charge is -2.35. The molecule has 0 radical (unpaired) electrons. The van der Waals surface area contributed by atoms with Crippen LogP contribution in [-0.4, -0.2) is 34.8 Å². The highest BCUT2D eigenvalue weighted by molar-refractivity contribution is 5.83. The van der Waals surface area contributed by atoms with Crippen molar-refractivity contribution < 1.29 is 9.59 Å². The van der Waals surface area contributed by atoms with Gasteiger partial charge in [0.25, 0.3) is 0 Å². The van der Waals surface area contributed by atoms with Gasteiger partial charge < -0.3 is 11.1 Å². The number of nitrogens with one attached hydrogen (secondary N) is 1. The van der Waals surface area contributed by atoms with Crippen LogP contribution in [0.3, 0.4) is 0 Å². The van der Waals surface area contributed by atoms with Crippen LogP contribution in [-0.2, 0) is 22.6 Å². The van der Waals surface area contributed by atoms with E-state index in [2.05, 4.69) is 11.4 Å². The minimum absolute atomic E-state index is 0.0614. The lowest BCUT2D eigenvalue weighted by Crippen LogP contribution is -2.55. The number of nitrogens with two attached hydrogens (primary N) is 1. The van der Waals surface area contributed by atoms with Crippen LogP contribution in [0.15, 0.2) is 24.3 Å². The number of benzene rings is 1. The maximum Gasteiger partial charge on any atom is 0.235 e. The maximum absolute atomic E-state index is 12.4. The topological polar surface area (TPSA) is 99.2 Å². The van der Waals surface area contributed by atoms with Crippen LogP contribution in [0.1, 0.15) is 30.9 Å². The maximum atomic E-state index is 12.4. The third-order valence-corrected chi connectivity index (χ3v) is 5.05. The van der Waals surface area contributed by atoms with Crippen LogP contribution >= 0.6 is 0 Å². The zero-order valence-corrected chi connectivity index (χ0v) is 13.8. The quantitative estimate of drug-likeness (QED) is 0.832. The zero-order chi connectivity index (χ0) is 17.3. The molecule has 1 aromatic carbocycles. The normalized spacial score (nSPS) is 22.8. The Labute approximate surface area is 141 Å². The van der Waals surface area contributed by atoms with Gasteiger partial charge in [-0.1, -0.05) is 24.3 Å². The molecule has 0 bridgehead atoms. The highest BCUT2D eigenvalue weighted by Crippen LogP contribution is 2.39. The van der Waals surface area contributed by atoms with Gasteiger partial charge in [0, 0.05) is 6.54 Å². The largest absolute Gasteiger partial charge is 0.368 e. The van der Waals surface area contributed by atoms with Crippen molar-refractivity contribution in [1.29, 1.82) is 5.26 Å². The van der Waals surface area contributed by atoms with Crippen molar-refractivity contribution >= 4 is 11.8 Å². The number of fused-ring (bicyclic) bond motifs is 1. The second-order valence-corrected chi connectivity index (χ2v) is 6.93. The molecule has 3 rings (SSSR count). The smallest absolute Gasteiger partial charge is 0.235 e. The summed E-state index contributed by atoms with van der Waals surface area (Å²) < 4.78 is 0. The summed E-state index contributed by atoms with van der Waals surface area (Å²) in [6.07, 6.45) is 2.44. The Bertz CT molecular complexity index is 707. The van der Waals surface area contributed by atoms with Crippen molar-refractivity contribution in [3.63, 3.8) is 0 Å². The molecule has 6 heteroatoms. The predicted molar refractivity (Wildman–Crippen MR) is 88.4 cm³/mol. The second-order valence-electron chi connectivity index (χ2n) is 6.93. The number of hydrogen-bond donors (Lipinski definition) is 2. The van der Waals surface area contributed by atoms with Crippen LogP contribution in [0, 0.1) is 17.2 Å². The number of hydrogen-bond acceptors (Lipinski definition) is 4. The first-order valence-electron chi connectivity index (χ1n) is 8.25. The molecule has 2 atom stereocenters. The van der Waals surface area contributed by atoms with Gasteiger partial charge in [0.2, 0.25) is 11.8 Å². The Hall–Kier alpha value is -2.39. The fourth-order valence-corrected chi connectivity index (χ4v) is 3.42. The SMILES string of the molecule is C[C@@](C#N)(NC(=O)CN1Cc2ccccc2C[C@H]1C(N)=O)C1CC1. The summed E-state index contributed by atoms with van der Waals surface area (Å²) in [5.74, 6) is -0.445. The van der Waals surface area contributed by atoms with Gasteiger partial charge in [-0.2, -0.15) is 5.26 Å². The van der Waals surface area contributed by atoms with Crippen molar-refractivity contribution in [2.24, 2.45) is 11.7 Å². The van der Waals surface area contributed by atoms with E-state index in [0.717, 1.165) is 24.0 Å². The van der Waals surface area contributed by atoms with Crippen molar-refractivity contribution in [2.75, 3.05) is 6.54 Å². The number of primary amides is 1. The van der Waals surface area contributed by atoms with E-state index in [1.807, 2.05) is 24.3 Å². The summed E-state index contributed by atoms with van der Waals surface area (Å²) in [7, 11) is 0. The van der Waals surface area contributed by atoms with Gasteiger partial charge in [-0.3, -0.25) is 14.5 Å². The van der Waals surface area contributed by atoms with Gasteiger partial charge in [-0.15, -0.1) is 0 Å². The minimum atomic E-state index is -0.826. The van der Waals surface area contributed by atoms with E-state index in [1.165, 1.54) is 0 Å². The van der Waals surface area contributed by atoms with Crippen LogP contribution in [0.5, 0.6) is 0 Å². The van der Waals surface area contributed by atoms with Crippen molar-refractivity contribution in [3.05, 3.63) is 35.4 Å². The van der Waals surface area contributed by atoms with Crippen LogP contribution in [0.4, 0.5) is 0 Å². The summed E-state index contributed by atoms with van der Waals surface area (Å²) >= 11 is 0. The molecule has 0 spiro atoms. The van der Waals surface area contributed by atoms with Crippen molar-refractivity contribution in [1.82, 2.24) is 10.2 Å². The van der Waals surface area contributed by atoms with Gasteiger partial charge in [0.1, 0.15) is 5.54 Å². The molecule has 0 aromatic heterocycles. The number of carbonyl (C=O) groups is 2. The van der Waals surface area contributed by atoms with E-state index in [1.54, 1.807) is 11.8 Å². The average molecular weight is 326 g/mol. The molecule has 1 aromatic rings. The Morgan fingerprint density at radius 1 is 1.38 bits per heavy atom. The molecule has 126 valence electrons. The third-order valence-electron chi connectivity index (χ3n) is 5.05. The Morgan fingerprint density at radius 2 is 2.04 bits per heavy atom. The van der Waals surface area contributed by atoms with Crippen molar-refractivity contribution in [2.45, 2.75) is 44.3 Å². The highest BCUT2D eigenvalue weighted by atomic mass is 16.2. The molecule has 24 heavy (non-hydrogen) atoms. The summed E-state index contributed by atoms with van der Waals surface area (Å²) in [5, 5.41) is 12.2. The number of rotatable bonds is 5.